The lowest BCUT2D eigenvalue weighted by molar-refractivity contribution is 0.0924. The summed E-state index contributed by atoms with van der Waals surface area (Å²) in [4.78, 5) is 2.51. The van der Waals surface area contributed by atoms with Crippen LogP contribution in [0.3, 0.4) is 0 Å². The molecule has 94 valence electrons. The first kappa shape index (κ1) is 12.3. The predicted molar refractivity (Wildman–Crippen MR) is 66.1 cm³/mol. The van der Waals surface area contributed by atoms with Gasteiger partial charge in [0, 0.05) is 31.6 Å². The van der Waals surface area contributed by atoms with E-state index in [1.54, 1.807) is 0 Å². The Labute approximate surface area is 99.0 Å². The fraction of sp³-hybridized carbons (Fsp3) is 1.00. The minimum Gasteiger partial charge on any atom is -0.393 e. The molecule has 4 unspecified atom stereocenters. The van der Waals surface area contributed by atoms with Crippen LogP contribution in [0, 0.1) is 17.3 Å². The van der Waals surface area contributed by atoms with Crippen molar-refractivity contribution in [3.8, 4) is 0 Å². The summed E-state index contributed by atoms with van der Waals surface area (Å²) >= 11 is 0. The Bertz CT molecular complexity index is 249. The summed E-state index contributed by atoms with van der Waals surface area (Å²) in [5, 5.41) is 9.92. The highest BCUT2D eigenvalue weighted by Gasteiger charge is 2.45. The maximum absolute atomic E-state index is 9.92. The number of aliphatic hydroxyl groups excluding tert-OH is 1. The fourth-order valence-electron chi connectivity index (χ4n) is 3.58. The van der Waals surface area contributed by atoms with E-state index in [0.29, 0.717) is 17.9 Å². The van der Waals surface area contributed by atoms with Crippen molar-refractivity contribution in [1.82, 2.24) is 4.90 Å². The Morgan fingerprint density at radius 3 is 2.50 bits per heavy atom. The highest BCUT2D eigenvalue weighted by atomic mass is 16.3. The first-order chi connectivity index (χ1) is 7.43. The number of likely N-dealkylation sites (tertiary alicyclic amines) is 1. The number of aliphatic hydroxyl groups is 1. The van der Waals surface area contributed by atoms with Gasteiger partial charge in [0.1, 0.15) is 0 Å². The van der Waals surface area contributed by atoms with E-state index in [4.69, 9.17) is 5.73 Å². The normalized spacial score (nSPS) is 37.7. The monoisotopic (exact) mass is 226 g/mol. The van der Waals surface area contributed by atoms with Gasteiger partial charge in [0.05, 0.1) is 6.10 Å². The average Bonchev–Trinajstić information content (AvgIpc) is 2.68. The van der Waals surface area contributed by atoms with Gasteiger partial charge in [0.25, 0.3) is 0 Å². The summed E-state index contributed by atoms with van der Waals surface area (Å²) in [5.74, 6) is 1.22. The molecular weight excluding hydrogens is 200 g/mol. The maximum atomic E-state index is 9.92. The molecule has 16 heavy (non-hydrogen) atoms. The summed E-state index contributed by atoms with van der Waals surface area (Å²) in [5.41, 5.74) is 6.15. The molecule has 3 heteroatoms. The summed E-state index contributed by atoms with van der Waals surface area (Å²) in [7, 11) is 0. The zero-order chi connectivity index (χ0) is 11.9. The van der Waals surface area contributed by atoms with Crippen LogP contribution in [0.4, 0.5) is 0 Å². The van der Waals surface area contributed by atoms with Crippen molar-refractivity contribution in [3.63, 3.8) is 0 Å². The highest BCUT2D eigenvalue weighted by molar-refractivity contribution is 4.97. The lowest BCUT2D eigenvalue weighted by Crippen LogP contribution is -2.48. The number of nitrogens with two attached hydrogens (primary N) is 1. The molecule has 1 aliphatic heterocycles. The van der Waals surface area contributed by atoms with Crippen molar-refractivity contribution < 1.29 is 5.11 Å². The molecule has 2 rings (SSSR count). The molecule has 0 amide bonds. The molecule has 2 aliphatic rings. The molecule has 1 heterocycles. The van der Waals surface area contributed by atoms with E-state index in [2.05, 4.69) is 25.7 Å². The molecule has 0 bridgehead atoms. The van der Waals surface area contributed by atoms with Gasteiger partial charge in [-0.15, -0.1) is 0 Å². The van der Waals surface area contributed by atoms with Crippen molar-refractivity contribution in [2.75, 3.05) is 19.6 Å². The topological polar surface area (TPSA) is 49.5 Å². The van der Waals surface area contributed by atoms with Crippen molar-refractivity contribution in [1.29, 1.82) is 0 Å². The predicted octanol–water partition coefficient (Wildman–Crippen LogP) is 1.06. The number of fused-ring (bicyclic) bond motifs is 1. The van der Waals surface area contributed by atoms with E-state index in [1.807, 2.05) is 0 Å². The van der Waals surface area contributed by atoms with Crippen LogP contribution in [0.5, 0.6) is 0 Å². The van der Waals surface area contributed by atoms with Gasteiger partial charge in [-0.25, -0.2) is 0 Å². The minimum atomic E-state index is -0.0617. The largest absolute Gasteiger partial charge is 0.393 e. The summed E-state index contributed by atoms with van der Waals surface area (Å²) in [6.07, 6.45) is 2.14. The summed E-state index contributed by atoms with van der Waals surface area (Å²) in [6, 6.07) is 0.449. The van der Waals surface area contributed by atoms with E-state index in [0.717, 1.165) is 26.1 Å². The van der Waals surface area contributed by atoms with Crippen molar-refractivity contribution in [2.24, 2.45) is 23.0 Å². The van der Waals surface area contributed by atoms with Gasteiger partial charge >= 0.3 is 0 Å². The zero-order valence-corrected chi connectivity index (χ0v) is 10.8. The Morgan fingerprint density at radius 1 is 1.31 bits per heavy atom. The minimum absolute atomic E-state index is 0.0617. The molecule has 0 radical (unpaired) electrons. The number of hydrogen-bond acceptors (Lipinski definition) is 3. The second-order valence-electron chi connectivity index (χ2n) is 6.64. The van der Waals surface area contributed by atoms with Gasteiger partial charge in [0.15, 0.2) is 0 Å². The smallest absolute Gasteiger partial charge is 0.0583 e. The zero-order valence-electron chi connectivity index (χ0n) is 10.8. The third kappa shape index (κ3) is 2.13. The second-order valence-corrected chi connectivity index (χ2v) is 6.64. The van der Waals surface area contributed by atoms with Crippen LogP contribution in [0.25, 0.3) is 0 Å². The van der Waals surface area contributed by atoms with Crippen LogP contribution < -0.4 is 5.73 Å². The Balaban J connectivity index is 2.03. The van der Waals surface area contributed by atoms with Crippen molar-refractivity contribution in [2.45, 2.75) is 45.8 Å². The van der Waals surface area contributed by atoms with E-state index >= 15 is 0 Å². The average molecular weight is 226 g/mol. The van der Waals surface area contributed by atoms with E-state index < -0.39 is 0 Å². The third-order valence-electron chi connectivity index (χ3n) is 4.51. The Morgan fingerprint density at radius 2 is 2.00 bits per heavy atom. The van der Waals surface area contributed by atoms with E-state index in [-0.39, 0.29) is 11.5 Å². The molecule has 1 saturated heterocycles. The fourth-order valence-corrected chi connectivity index (χ4v) is 3.58. The highest BCUT2D eigenvalue weighted by Crippen LogP contribution is 2.40. The van der Waals surface area contributed by atoms with Gasteiger partial charge in [-0.05, 0) is 24.2 Å². The van der Waals surface area contributed by atoms with Crippen LogP contribution >= 0.6 is 0 Å². The number of nitrogens with zero attached hydrogens (tertiary/aromatic N) is 1. The molecule has 0 aromatic rings. The van der Waals surface area contributed by atoms with Gasteiger partial charge < -0.3 is 10.8 Å². The lowest BCUT2D eigenvalue weighted by atomic mass is 9.85. The maximum Gasteiger partial charge on any atom is 0.0583 e. The number of hydrogen-bond donors (Lipinski definition) is 2. The van der Waals surface area contributed by atoms with E-state index in [1.165, 1.54) is 6.42 Å². The molecule has 0 aromatic carbocycles. The SMILES string of the molecule is CC(C)(C)C(CN)N1CC2CCC(O)C2C1. The molecule has 1 saturated carbocycles. The van der Waals surface area contributed by atoms with Crippen LogP contribution in [-0.2, 0) is 0 Å². The summed E-state index contributed by atoms with van der Waals surface area (Å²) in [6.45, 7) is 9.68. The molecule has 2 fully saturated rings. The van der Waals surface area contributed by atoms with E-state index in [9.17, 15) is 5.11 Å². The molecule has 3 N–H and O–H groups in total. The molecule has 0 spiro atoms. The first-order valence-electron chi connectivity index (χ1n) is 6.55. The quantitative estimate of drug-likeness (QED) is 0.740. The standard InChI is InChI=1S/C13H26N2O/c1-13(2,3)12(6-14)15-7-9-4-5-11(16)10(9)8-15/h9-12,16H,4-8,14H2,1-3H3. The van der Waals surface area contributed by atoms with Gasteiger partial charge in [-0.1, -0.05) is 20.8 Å². The van der Waals surface area contributed by atoms with Crippen LogP contribution in [0.2, 0.25) is 0 Å². The molecular formula is C13H26N2O. The molecule has 4 atom stereocenters. The second kappa shape index (κ2) is 4.28. The lowest BCUT2D eigenvalue weighted by Gasteiger charge is -2.37. The summed E-state index contributed by atoms with van der Waals surface area (Å²) < 4.78 is 0. The third-order valence-corrected chi connectivity index (χ3v) is 4.51. The Hall–Kier alpha value is -0.120. The first-order valence-corrected chi connectivity index (χ1v) is 6.55. The molecule has 1 aliphatic carbocycles. The van der Waals surface area contributed by atoms with Crippen LogP contribution in [0.1, 0.15) is 33.6 Å². The van der Waals surface area contributed by atoms with Crippen LogP contribution in [0.15, 0.2) is 0 Å². The van der Waals surface area contributed by atoms with Gasteiger partial charge in [-0.2, -0.15) is 0 Å². The van der Waals surface area contributed by atoms with Gasteiger partial charge in [-0.3, -0.25) is 4.90 Å². The van der Waals surface area contributed by atoms with Crippen molar-refractivity contribution >= 4 is 0 Å². The van der Waals surface area contributed by atoms with Gasteiger partial charge in [0.2, 0.25) is 0 Å². The van der Waals surface area contributed by atoms with Crippen molar-refractivity contribution in [3.05, 3.63) is 0 Å². The molecule has 0 aromatic heterocycles. The molecule has 3 nitrogen and oxygen atoms in total. The van der Waals surface area contributed by atoms with Crippen LogP contribution in [-0.4, -0.2) is 41.8 Å². The number of rotatable bonds is 2. The Kier molecular flexibility index (Phi) is 3.30.